The van der Waals surface area contributed by atoms with E-state index in [-0.39, 0.29) is 43.1 Å². The Labute approximate surface area is 206 Å². The largest absolute Gasteiger partial charge is 0.494 e. The van der Waals surface area contributed by atoms with Gasteiger partial charge >= 0.3 is 0 Å². The number of aryl methyl sites for hydroxylation is 1. The highest BCUT2D eigenvalue weighted by Crippen LogP contribution is 2.20. The number of aromatic nitrogens is 6. The summed E-state index contributed by atoms with van der Waals surface area (Å²) in [4.78, 5) is 22.6. The number of hydrogen-bond acceptors (Lipinski definition) is 10. The highest BCUT2D eigenvalue weighted by Gasteiger charge is 2.33. The molecule has 2 aromatic heterocycles. The molecule has 0 spiro atoms. The Bertz CT molecular complexity index is 1220. The van der Waals surface area contributed by atoms with E-state index in [1.165, 1.54) is 30.1 Å². The van der Waals surface area contributed by atoms with Crippen LogP contribution in [0.2, 0.25) is 0 Å². The van der Waals surface area contributed by atoms with E-state index in [9.17, 15) is 14.3 Å². The van der Waals surface area contributed by atoms with Gasteiger partial charge in [0.15, 0.2) is 11.6 Å². The summed E-state index contributed by atoms with van der Waals surface area (Å²) >= 11 is 0. The van der Waals surface area contributed by atoms with E-state index in [0.29, 0.717) is 23.6 Å². The van der Waals surface area contributed by atoms with E-state index in [0.717, 1.165) is 0 Å². The Balaban J connectivity index is 1.39. The van der Waals surface area contributed by atoms with Crippen LogP contribution in [0.4, 0.5) is 4.39 Å². The van der Waals surface area contributed by atoms with Crippen LogP contribution in [0.15, 0.2) is 24.3 Å². The van der Waals surface area contributed by atoms with Crippen molar-refractivity contribution < 1.29 is 28.5 Å². The minimum atomic E-state index is -0.996. The lowest BCUT2D eigenvalue weighted by atomic mass is 10.0. The molecule has 1 aliphatic rings. The van der Waals surface area contributed by atoms with E-state index in [1.54, 1.807) is 26.8 Å². The van der Waals surface area contributed by atoms with Crippen LogP contribution in [0, 0.1) is 12.7 Å². The van der Waals surface area contributed by atoms with Gasteiger partial charge in [0.2, 0.25) is 5.82 Å². The van der Waals surface area contributed by atoms with E-state index >= 15 is 0 Å². The zero-order chi connectivity index (χ0) is 25.9. The molecule has 192 valence electrons. The summed E-state index contributed by atoms with van der Waals surface area (Å²) < 4.78 is 30.0. The summed E-state index contributed by atoms with van der Waals surface area (Å²) in [6.45, 7) is 5.98. The summed E-state index contributed by atoms with van der Waals surface area (Å²) in [6, 6.07) is 5.82. The van der Waals surface area contributed by atoms with Gasteiger partial charge in [0, 0.05) is 6.54 Å². The molecular formula is C23H28FN7O5. The molecule has 1 saturated heterocycles. The molecule has 12 nitrogen and oxygen atoms in total. The maximum absolute atomic E-state index is 13.6. The highest BCUT2D eigenvalue weighted by atomic mass is 19.1. The van der Waals surface area contributed by atoms with Gasteiger partial charge in [-0.3, -0.25) is 4.79 Å². The van der Waals surface area contributed by atoms with Crippen molar-refractivity contribution in [2.45, 2.75) is 51.7 Å². The third kappa shape index (κ3) is 6.17. The second-order valence-electron chi connectivity index (χ2n) is 8.94. The number of benzene rings is 1. The lowest BCUT2D eigenvalue weighted by molar-refractivity contribution is -0.192. The number of nitrogens with zero attached hydrogens (tertiary/aromatic N) is 6. The van der Waals surface area contributed by atoms with Gasteiger partial charge < -0.3 is 24.6 Å². The average Bonchev–Trinajstić information content (AvgIpc) is 3.31. The van der Waals surface area contributed by atoms with Crippen LogP contribution in [-0.4, -0.2) is 79.3 Å². The van der Waals surface area contributed by atoms with Crippen molar-refractivity contribution in [2.75, 3.05) is 20.3 Å². The molecule has 0 radical (unpaired) electrons. The zero-order valence-corrected chi connectivity index (χ0v) is 20.4. The van der Waals surface area contributed by atoms with Gasteiger partial charge in [0.25, 0.3) is 5.91 Å². The molecule has 0 saturated carbocycles. The van der Waals surface area contributed by atoms with Crippen LogP contribution < -0.4 is 10.1 Å². The van der Waals surface area contributed by atoms with Gasteiger partial charge in [0.1, 0.15) is 29.4 Å². The molecule has 2 atom stereocenters. The fourth-order valence-electron chi connectivity index (χ4n) is 3.55. The third-order valence-corrected chi connectivity index (χ3v) is 5.54. The smallest absolute Gasteiger partial charge is 0.270 e. The van der Waals surface area contributed by atoms with E-state index < -0.39 is 23.4 Å². The lowest BCUT2D eigenvalue weighted by Crippen LogP contribution is -2.48. The fraction of sp³-hybridized carbons (Fsp3) is 0.478. The molecule has 2 N–H and O–H groups in total. The molecule has 1 fully saturated rings. The molecule has 0 unspecified atom stereocenters. The number of aliphatic hydroxyl groups is 1. The second kappa shape index (κ2) is 10.6. The second-order valence-corrected chi connectivity index (χ2v) is 8.94. The quantitative estimate of drug-likeness (QED) is 0.459. The average molecular weight is 502 g/mol. The monoisotopic (exact) mass is 501 g/mol. The van der Waals surface area contributed by atoms with Crippen LogP contribution >= 0.6 is 0 Å². The molecule has 3 aromatic rings. The number of carbonyl (C=O) groups is 1. The summed E-state index contributed by atoms with van der Waals surface area (Å²) in [6.07, 6.45) is -0.712. The van der Waals surface area contributed by atoms with Crippen LogP contribution in [0.5, 0.6) is 5.75 Å². The van der Waals surface area contributed by atoms with Gasteiger partial charge in [-0.2, -0.15) is 4.80 Å². The first-order valence-corrected chi connectivity index (χ1v) is 11.3. The molecular weight excluding hydrogens is 473 g/mol. The summed E-state index contributed by atoms with van der Waals surface area (Å²) in [5.74, 6) is -0.238. The van der Waals surface area contributed by atoms with Crippen molar-refractivity contribution in [3.8, 4) is 17.3 Å². The van der Waals surface area contributed by atoms with Crippen molar-refractivity contribution in [3.05, 3.63) is 47.2 Å². The minimum Gasteiger partial charge on any atom is -0.494 e. The van der Waals surface area contributed by atoms with E-state index in [2.05, 4.69) is 30.7 Å². The number of tetrazole rings is 1. The van der Waals surface area contributed by atoms with Crippen LogP contribution in [-0.2, 0) is 22.6 Å². The fourth-order valence-corrected chi connectivity index (χ4v) is 3.55. The predicted molar refractivity (Wildman–Crippen MR) is 123 cm³/mol. The highest BCUT2D eigenvalue weighted by molar-refractivity contribution is 5.93. The third-order valence-electron chi connectivity index (χ3n) is 5.54. The maximum atomic E-state index is 13.6. The molecule has 1 aromatic carbocycles. The predicted octanol–water partition coefficient (Wildman–Crippen LogP) is 1.07. The van der Waals surface area contributed by atoms with Gasteiger partial charge in [-0.1, -0.05) is 6.07 Å². The topological polar surface area (TPSA) is 146 Å². The van der Waals surface area contributed by atoms with E-state index in [4.69, 9.17) is 14.2 Å². The molecule has 1 aliphatic heterocycles. The number of carbonyl (C=O) groups excluding carboxylic acids is 1. The molecule has 0 aliphatic carbocycles. The standard InChI is InChI=1S/C23H28FN7O5/c1-13-26-17(8-18(27-13)22(32)25-9-14-5-6-16(24)19(7-14)34-4)21-28-30-31(29-21)10-15-11-36-20(12-35-15)23(2,3)33/h5-8,15,20,33H,9-12H2,1-4H3,(H,25,32)/t15-,20-/m0/s1. The van der Waals surface area contributed by atoms with Crippen molar-refractivity contribution in [2.24, 2.45) is 0 Å². The number of rotatable bonds is 8. The molecule has 3 heterocycles. The van der Waals surface area contributed by atoms with Gasteiger partial charge in [-0.05, 0) is 49.7 Å². The number of methoxy groups -OCH3 is 1. The maximum Gasteiger partial charge on any atom is 0.270 e. The number of halogens is 1. The SMILES string of the molecule is COc1cc(CNC(=O)c2cc(-c3nnn(C[C@H]4CO[C@H](C(C)(C)O)CO4)n3)nc(C)n2)ccc1F. The normalized spacial score (nSPS) is 18.2. The van der Waals surface area contributed by atoms with Crippen molar-refractivity contribution in [1.82, 2.24) is 35.5 Å². The Morgan fingerprint density at radius 3 is 2.78 bits per heavy atom. The summed E-state index contributed by atoms with van der Waals surface area (Å²) in [7, 11) is 1.37. The Morgan fingerprint density at radius 2 is 2.08 bits per heavy atom. The number of amides is 1. The van der Waals surface area contributed by atoms with E-state index in [1.807, 2.05) is 0 Å². The van der Waals surface area contributed by atoms with Gasteiger partial charge in [-0.15, -0.1) is 10.2 Å². The first kappa shape index (κ1) is 25.5. The van der Waals surface area contributed by atoms with Crippen LogP contribution in [0.3, 0.4) is 0 Å². The van der Waals surface area contributed by atoms with Gasteiger partial charge in [-0.25, -0.2) is 14.4 Å². The first-order valence-electron chi connectivity index (χ1n) is 11.3. The minimum absolute atomic E-state index is 0.0957. The van der Waals surface area contributed by atoms with Crippen LogP contribution in [0.1, 0.15) is 35.7 Å². The molecule has 0 bridgehead atoms. The van der Waals surface area contributed by atoms with Gasteiger partial charge in [0.05, 0.1) is 32.5 Å². The number of nitrogens with one attached hydrogen (secondary N) is 1. The summed E-state index contributed by atoms with van der Waals surface area (Å²) in [5, 5.41) is 25.2. The molecule has 1 amide bonds. The first-order chi connectivity index (χ1) is 17.1. The Kier molecular flexibility index (Phi) is 7.52. The zero-order valence-electron chi connectivity index (χ0n) is 20.4. The van der Waals surface area contributed by atoms with Crippen molar-refractivity contribution >= 4 is 5.91 Å². The van der Waals surface area contributed by atoms with Crippen molar-refractivity contribution in [1.29, 1.82) is 0 Å². The van der Waals surface area contributed by atoms with Crippen LogP contribution in [0.25, 0.3) is 11.5 Å². The number of ether oxygens (including phenoxy) is 3. The molecule has 13 heteroatoms. The molecule has 4 rings (SSSR count). The number of hydrogen-bond donors (Lipinski definition) is 2. The lowest BCUT2D eigenvalue weighted by Gasteiger charge is -2.35. The Morgan fingerprint density at radius 1 is 1.28 bits per heavy atom. The molecule has 36 heavy (non-hydrogen) atoms. The van der Waals surface area contributed by atoms with Crippen molar-refractivity contribution in [3.63, 3.8) is 0 Å². The Hall–Kier alpha value is -3.55. The summed E-state index contributed by atoms with van der Waals surface area (Å²) in [5.41, 5.74) is 0.138.